The van der Waals surface area contributed by atoms with Crippen LogP contribution >= 0.6 is 11.8 Å². The van der Waals surface area contributed by atoms with E-state index >= 15 is 0 Å². The maximum atomic E-state index is 14.1. The number of esters is 1. The van der Waals surface area contributed by atoms with Crippen molar-refractivity contribution in [3.63, 3.8) is 0 Å². The first-order valence-corrected chi connectivity index (χ1v) is 8.00. The molecular weight excluding hydrogens is 329 g/mol. The summed E-state index contributed by atoms with van der Waals surface area (Å²) in [6.45, 7) is 0. The van der Waals surface area contributed by atoms with Gasteiger partial charge in [-0.25, -0.2) is 9.18 Å². The first kappa shape index (κ1) is 17.7. The van der Waals surface area contributed by atoms with Gasteiger partial charge in [0, 0.05) is 11.3 Å². The van der Waals surface area contributed by atoms with Crippen LogP contribution in [0.5, 0.6) is 0 Å². The summed E-state index contributed by atoms with van der Waals surface area (Å²) in [6, 6.07) is 14.1. The van der Waals surface area contributed by atoms with Gasteiger partial charge in [-0.05, 0) is 11.6 Å². The number of hydrogen-bond donors (Lipinski definition) is 1. The van der Waals surface area contributed by atoms with E-state index in [-0.39, 0.29) is 16.3 Å². The summed E-state index contributed by atoms with van der Waals surface area (Å²) in [4.78, 5) is 11.4. The minimum Gasteiger partial charge on any atom is -0.465 e. The van der Waals surface area contributed by atoms with Gasteiger partial charge in [0.25, 0.3) is 0 Å². The van der Waals surface area contributed by atoms with E-state index < -0.39 is 11.8 Å². The normalized spacial score (nSPS) is 11.7. The molecular formula is C17H16FN3O2S. The zero-order valence-electron chi connectivity index (χ0n) is 13.0. The molecule has 24 heavy (non-hydrogen) atoms. The average Bonchev–Trinajstić information content (AvgIpc) is 2.61. The molecule has 0 unspecified atom stereocenters. The SMILES string of the molecule is COC(=O)c1cccc(C=NN=C(N)SCc2ccccc2)c1F. The molecule has 2 aromatic rings. The number of carbonyl (C=O) groups is 1. The van der Waals surface area contributed by atoms with Crippen molar-refractivity contribution in [1.82, 2.24) is 0 Å². The number of benzene rings is 2. The second-order valence-electron chi connectivity index (χ2n) is 4.66. The van der Waals surface area contributed by atoms with Crippen LogP contribution in [0.1, 0.15) is 21.5 Å². The lowest BCUT2D eigenvalue weighted by Gasteiger charge is -2.02. The fourth-order valence-electron chi connectivity index (χ4n) is 1.83. The van der Waals surface area contributed by atoms with Gasteiger partial charge >= 0.3 is 5.97 Å². The van der Waals surface area contributed by atoms with E-state index in [1.807, 2.05) is 30.3 Å². The Morgan fingerprint density at radius 1 is 1.25 bits per heavy atom. The molecule has 0 amide bonds. The number of nitrogens with two attached hydrogens (primary N) is 1. The lowest BCUT2D eigenvalue weighted by Crippen LogP contribution is -2.07. The van der Waals surface area contributed by atoms with Crippen molar-refractivity contribution in [1.29, 1.82) is 0 Å². The Labute approximate surface area is 143 Å². The van der Waals surface area contributed by atoms with Crippen molar-refractivity contribution in [2.45, 2.75) is 5.75 Å². The van der Waals surface area contributed by atoms with E-state index in [2.05, 4.69) is 14.9 Å². The highest BCUT2D eigenvalue weighted by molar-refractivity contribution is 8.13. The third kappa shape index (κ3) is 4.92. The minimum absolute atomic E-state index is 0.127. The van der Waals surface area contributed by atoms with E-state index in [0.717, 1.165) is 5.56 Å². The van der Waals surface area contributed by atoms with Gasteiger partial charge in [0.05, 0.1) is 18.9 Å². The predicted molar refractivity (Wildman–Crippen MR) is 94.7 cm³/mol. The van der Waals surface area contributed by atoms with Gasteiger partial charge in [0.1, 0.15) is 5.82 Å². The van der Waals surface area contributed by atoms with E-state index in [1.165, 1.54) is 43.3 Å². The third-order valence-corrected chi connectivity index (χ3v) is 3.87. The molecule has 7 heteroatoms. The van der Waals surface area contributed by atoms with Crippen molar-refractivity contribution in [2.75, 3.05) is 7.11 Å². The van der Waals surface area contributed by atoms with E-state index in [4.69, 9.17) is 5.73 Å². The van der Waals surface area contributed by atoms with Crippen molar-refractivity contribution in [2.24, 2.45) is 15.9 Å². The standard InChI is InChI=1S/C17H16FN3O2S/c1-23-16(22)14-9-5-8-13(15(14)18)10-20-21-17(19)24-11-12-6-3-2-4-7-12/h2-10H,11H2,1H3,(H2,19,21). The molecule has 0 fully saturated rings. The topological polar surface area (TPSA) is 77.0 Å². The summed E-state index contributed by atoms with van der Waals surface area (Å²) < 4.78 is 18.6. The van der Waals surface area contributed by atoms with Crippen LogP contribution in [0, 0.1) is 5.82 Å². The highest BCUT2D eigenvalue weighted by Crippen LogP contribution is 2.13. The molecule has 124 valence electrons. The zero-order valence-corrected chi connectivity index (χ0v) is 13.8. The van der Waals surface area contributed by atoms with Crippen molar-refractivity contribution < 1.29 is 13.9 Å². The van der Waals surface area contributed by atoms with Gasteiger partial charge in [-0.2, -0.15) is 5.10 Å². The van der Waals surface area contributed by atoms with Gasteiger partial charge in [-0.3, -0.25) is 0 Å². The Morgan fingerprint density at radius 3 is 2.71 bits per heavy atom. The molecule has 0 spiro atoms. The number of carbonyl (C=O) groups excluding carboxylic acids is 1. The molecule has 0 saturated carbocycles. The molecule has 0 aromatic heterocycles. The summed E-state index contributed by atoms with van der Waals surface area (Å²) in [5.74, 6) is -0.791. The van der Waals surface area contributed by atoms with E-state index in [9.17, 15) is 9.18 Å². The largest absolute Gasteiger partial charge is 0.465 e. The van der Waals surface area contributed by atoms with Crippen LogP contribution in [0.2, 0.25) is 0 Å². The minimum atomic E-state index is -0.746. The first-order valence-electron chi connectivity index (χ1n) is 7.02. The number of halogens is 1. The molecule has 0 atom stereocenters. The third-order valence-electron chi connectivity index (χ3n) is 3.02. The Kier molecular flexibility index (Phi) is 6.51. The van der Waals surface area contributed by atoms with Crippen molar-refractivity contribution in [3.8, 4) is 0 Å². The van der Waals surface area contributed by atoms with Crippen LogP contribution < -0.4 is 5.73 Å². The smallest absolute Gasteiger partial charge is 0.340 e. The fraction of sp³-hybridized carbons (Fsp3) is 0.118. The Morgan fingerprint density at radius 2 is 2.00 bits per heavy atom. The summed E-state index contributed by atoms with van der Waals surface area (Å²) in [5.41, 5.74) is 6.84. The number of amidine groups is 1. The van der Waals surface area contributed by atoms with Crippen molar-refractivity contribution in [3.05, 3.63) is 71.0 Å². The molecule has 0 aliphatic heterocycles. The molecule has 2 aromatic carbocycles. The summed E-state index contributed by atoms with van der Waals surface area (Å²) in [7, 11) is 1.19. The molecule has 5 nitrogen and oxygen atoms in total. The van der Waals surface area contributed by atoms with E-state index in [1.54, 1.807) is 0 Å². The Balaban J connectivity index is 2.01. The average molecular weight is 345 g/mol. The lowest BCUT2D eigenvalue weighted by atomic mass is 10.1. The number of hydrogen-bond acceptors (Lipinski definition) is 5. The van der Waals surface area contributed by atoms with Crippen LogP contribution in [0.4, 0.5) is 4.39 Å². The number of ether oxygens (including phenoxy) is 1. The maximum absolute atomic E-state index is 14.1. The number of rotatable bonds is 5. The molecule has 0 saturated heterocycles. The highest BCUT2D eigenvalue weighted by Gasteiger charge is 2.14. The molecule has 0 bridgehead atoms. The van der Waals surface area contributed by atoms with Gasteiger partial charge in [-0.15, -0.1) is 5.10 Å². The molecule has 0 aliphatic rings. The van der Waals surface area contributed by atoms with Gasteiger partial charge < -0.3 is 10.5 Å². The predicted octanol–water partition coefficient (Wildman–Crippen LogP) is 3.19. The Bertz CT molecular complexity index is 764. The van der Waals surface area contributed by atoms with Crippen LogP contribution in [0.3, 0.4) is 0 Å². The van der Waals surface area contributed by atoms with Gasteiger partial charge in [0.2, 0.25) is 0 Å². The number of methoxy groups -OCH3 is 1. The van der Waals surface area contributed by atoms with Gasteiger partial charge in [-0.1, -0.05) is 54.2 Å². The molecule has 0 aliphatic carbocycles. The van der Waals surface area contributed by atoms with Crippen LogP contribution in [0.15, 0.2) is 58.7 Å². The van der Waals surface area contributed by atoms with Gasteiger partial charge in [0.15, 0.2) is 5.17 Å². The second-order valence-corrected chi connectivity index (χ2v) is 5.65. The lowest BCUT2D eigenvalue weighted by molar-refractivity contribution is 0.0595. The monoisotopic (exact) mass is 345 g/mol. The van der Waals surface area contributed by atoms with Crippen LogP contribution in [0.25, 0.3) is 0 Å². The number of nitrogens with zero attached hydrogens (tertiary/aromatic N) is 2. The fourth-order valence-corrected chi connectivity index (χ4v) is 2.44. The van der Waals surface area contributed by atoms with E-state index in [0.29, 0.717) is 5.75 Å². The van der Waals surface area contributed by atoms with Crippen LogP contribution in [-0.2, 0) is 10.5 Å². The first-order chi connectivity index (χ1) is 11.6. The summed E-state index contributed by atoms with van der Waals surface area (Å²) >= 11 is 1.33. The van der Waals surface area contributed by atoms with Crippen LogP contribution in [-0.4, -0.2) is 24.5 Å². The second kappa shape index (κ2) is 8.83. The molecule has 0 heterocycles. The quantitative estimate of drug-likeness (QED) is 0.391. The highest BCUT2D eigenvalue weighted by atomic mass is 32.2. The maximum Gasteiger partial charge on any atom is 0.340 e. The molecule has 2 N–H and O–H groups in total. The zero-order chi connectivity index (χ0) is 17.4. The summed E-state index contributed by atoms with van der Waals surface area (Å²) in [6.07, 6.45) is 1.21. The summed E-state index contributed by atoms with van der Waals surface area (Å²) in [5, 5.41) is 7.84. The number of thioether (sulfide) groups is 1. The molecule has 0 radical (unpaired) electrons. The molecule has 2 rings (SSSR count). The van der Waals surface area contributed by atoms with Crippen molar-refractivity contribution >= 4 is 29.1 Å². The Hall–Kier alpha value is -2.67.